The topological polar surface area (TPSA) is 69.2 Å². The predicted molar refractivity (Wildman–Crippen MR) is 69.4 cm³/mol. The molecule has 1 fully saturated rings. The fourth-order valence-corrected chi connectivity index (χ4v) is 2.10. The van der Waals surface area contributed by atoms with Gasteiger partial charge in [0.25, 0.3) is 5.69 Å². The van der Waals surface area contributed by atoms with E-state index in [9.17, 15) is 10.1 Å². The average Bonchev–Trinajstić information content (AvgIpc) is 2.15. The molecule has 17 heavy (non-hydrogen) atoms. The van der Waals surface area contributed by atoms with Gasteiger partial charge < -0.3 is 5.73 Å². The fraction of sp³-hybridized carbons (Fsp3) is 0.500. The molecule has 0 saturated heterocycles. The first kappa shape index (κ1) is 13.9. The SMILES string of the molecule is Cc1ccc([C@@H](N)C2CCC2)cc1[N+](=O)[O-].Cl. The standard InChI is InChI=1S/C12H16N2O2.ClH/c1-8-5-6-10(7-11(8)14(15)16)12(13)9-3-2-4-9;/h5-7,9,12H,2-4,13H2,1H3;1H/t12-;/m0./s1. The van der Waals surface area contributed by atoms with E-state index >= 15 is 0 Å². The number of benzene rings is 1. The molecule has 1 aliphatic carbocycles. The van der Waals surface area contributed by atoms with Crippen LogP contribution in [0.25, 0.3) is 0 Å². The Morgan fingerprint density at radius 1 is 1.47 bits per heavy atom. The molecule has 1 aliphatic rings. The van der Waals surface area contributed by atoms with E-state index in [1.54, 1.807) is 19.1 Å². The lowest BCUT2D eigenvalue weighted by Crippen LogP contribution is -2.26. The molecule has 1 saturated carbocycles. The second-order valence-corrected chi connectivity index (χ2v) is 4.52. The lowest BCUT2D eigenvalue weighted by Gasteiger charge is -2.31. The second-order valence-electron chi connectivity index (χ2n) is 4.52. The highest BCUT2D eigenvalue weighted by atomic mass is 35.5. The highest BCUT2D eigenvalue weighted by molar-refractivity contribution is 5.85. The maximum Gasteiger partial charge on any atom is 0.272 e. The van der Waals surface area contributed by atoms with E-state index in [0.29, 0.717) is 11.5 Å². The van der Waals surface area contributed by atoms with Gasteiger partial charge in [-0.25, -0.2) is 0 Å². The maximum atomic E-state index is 10.8. The van der Waals surface area contributed by atoms with Crippen molar-refractivity contribution >= 4 is 18.1 Å². The van der Waals surface area contributed by atoms with Crippen molar-refractivity contribution in [3.8, 4) is 0 Å². The van der Waals surface area contributed by atoms with Crippen molar-refractivity contribution in [1.82, 2.24) is 0 Å². The van der Waals surface area contributed by atoms with Crippen molar-refractivity contribution in [2.45, 2.75) is 32.2 Å². The van der Waals surface area contributed by atoms with Crippen molar-refractivity contribution in [3.05, 3.63) is 39.4 Å². The van der Waals surface area contributed by atoms with Crippen LogP contribution < -0.4 is 5.73 Å². The molecule has 5 heteroatoms. The van der Waals surface area contributed by atoms with Gasteiger partial charge in [-0.3, -0.25) is 10.1 Å². The quantitative estimate of drug-likeness (QED) is 0.667. The van der Waals surface area contributed by atoms with Crippen LogP contribution in [0.2, 0.25) is 0 Å². The van der Waals surface area contributed by atoms with Gasteiger partial charge in [0.15, 0.2) is 0 Å². The van der Waals surface area contributed by atoms with Gasteiger partial charge in [0.1, 0.15) is 0 Å². The largest absolute Gasteiger partial charge is 0.324 e. The predicted octanol–water partition coefficient (Wildman–Crippen LogP) is 3.12. The van der Waals surface area contributed by atoms with Crippen LogP contribution in [0.5, 0.6) is 0 Å². The van der Waals surface area contributed by atoms with Crippen molar-refractivity contribution in [3.63, 3.8) is 0 Å². The third-order valence-electron chi connectivity index (χ3n) is 3.47. The van der Waals surface area contributed by atoms with Crippen LogP contribution in [0.15, 0.2) is 18.2 Å². The Hall–Kier alpha value is -1.13. The first-order chi connectivity index (χ1) is 7.59. The van der Waals surface area contributed by atoms with Gasteiger partial charge in [0, 0.05) is 17.7 Å². The third-order valence-corrected chi connectivity index (χ3v) is 3.47. The minimum absolute atomic E-state index is 0. The summed E-state index contributed by atoms with van der Waals surface area (Å²) in [5.41, 5.74) is 7.85. The van der Waals surface area contributed by atoms with Crippen LogP contribution in [0.4, 0.5) is 5.69 Å². The van der Waals surface area contributed by atoms with Crippen molar-refractivity contribution in [1.29, 1.82) is 0 Å². The number of halogens is 1. The van der Waals surface area contributed by atoms with Crippen LogP contribution in [0.1, 0.15) is 36.4 Å². The molecule has 1 aromatic rings. The average molecular weight is 257 g/mol. The second kappa shape index (κ2) is 5.47. The van der Waals surface area contributed by atoms with Gasteiger partial charge in [-0.1, -0.05) is 18.6 Å². The Balaban J connectivity index is 0.00000144. The Morgan fingerprint density at radius 2 is 2.12 bits per heavy atom. The van der Waals surface area contributed by atoms with Crippen molar-refractivity contribution < 1.29 is 4.92 Å². The molecule has 0 aromatic heterocycles. The number of nitro benzene ring substituents is 1. The summed E-state index contributed by atoms with van der Waals surface area (Å²) < 4.78 is 0. The number of rotatable bonds is 3. The summed E-state index contributed by atoms with van der Waals surface area (Å²) in [4.78, 5) is 10.5. The van der Waals surface area contributed by atoms with Crippen molar-refractivity contribution in [2.75, 3.05) is 0 Å². The normalized spacial score (nSPS) is 16.8. The van der Waals surface area contributed by atoms with Gasteiger partial charge in [-0.2, -0.15) is 0 Å². The number of nitro groups is 1. The molecule has 0 spiro atoms. The summed E-state index contributed by atoms with van der Waals surface area (Å²) in [6.45, 7) is 1.75. The summed E-state index contributed by atoms with van der Waals surface area (Å²) in [7, 11) is 0. The van der Waals surface area contributed by atoms with Crippen LogP contribution in [-0.2, 0) is 0 Å². The van der Waals surface area contributed by atoms with Gasteiger partial charge in [-0.05, 0) is 31.2 Å². The molecule has 0 radical (unpaired) electrons. The van der Waals surface area contributed by atoms with Crippen LogP contribution in [-0.4, -0.2) is 4.92 Å². The Kier molecular flexibility index (Phi) is 4.48. The molecular formula is C12H17ClN2O2. The summed E-state index contributed by atoms with van der Waals surface area (Å²) in [5.74, 6) is 0.502. The van der Waals surface area contributed by atoms with E-state index in [2.05, 4.69) is 0 Å². The zero-order chi connectivity index (χ0) is 11.7. The molecule has 1 atom stereocenters. The summed E-state index contributed by atoms with van der Waals surface area (Å²) >= 11 is 0. The number of nitrogens with zero attached hydrogens (tertiary/aromatic N) is 1. The summed E-state index contributed by atoms with van der Waals surface area (Å²) in [6, 6.07) is 5.27. The molecule has 94 valence electrons. The number of aryl methyl sites for hydroxylation is 1. The van der Waals surface area contributed by atoms with E-state index in [0.717, 1.165) is 18.4 Å². The molecule has 2 rings (SSSR count). The molecule has 0 aliphatic heterocycles. The number of hydrogen-bond acceptors (Lipinski definition) is 3. The first-order valence-electron chi connectivity index (χ1n) is 5.60. The Bertz CT molecular complexity index is 419. The Morgan fingerprint density at radius 3 is 2.59 bits per heavy atom. The van der Waals surface area contributed by atoms with Crippen LogP contribution in [0, 0.1) is 23.0 Å². The minimum Gasteiger partial charge on any atom is -0.324 e. The molecule has 0 amide bonds. The Labute approximate surface area is 107 Å². The molecule has 4 nitrogen and oxygen atoms in total. The molecule has 0 heterocycles. The zero-order valence-corrected chi connectivity index (χ0v) is 10.6. The van der Waals surface area contributed by atoms with E-state index in [-0.39, 0.29) is 29.1 Å². The summed E-state index contributed by atoms with van der Waals surface area (Å²) in [6.07, 6.45) is 3.51. The van der Waals surface area contributed by atoms with E-state index in [1.165, 1.54) is 6.42 Å². The van der Waals surface area contributed by atoms with Gasteiger partial charge in [-0.15, -0.1) is 12.4 Å². The van der Waals surface area contributed by atoms with Gasteiger partial charge >= 0.3 is 0 Å². The zero-order valence-electron chi connectivity index (χ0n) is 9.76. The highest BCUT2D eigenvalue weighted by Crippen LogP contribution is 2.37. The first-order valence-corrected chi connectivity index (χ1v) is 5.60. The lowest BCUT2D eigenvalue weighted by atomic mass is 9.77. The van der Waals surface area contributed by atoms with Crippen LogP contribution >= 0.6 is 12.4 Å². The monoisotopic (exact) mass is 256 g/mol. The van der Waals surface area contributed by atoms with E-state index in [1.807, 2.05) is 6.07 Å². The maximum absolute atomic E-state index is 10.8. The molecular weight excluding hydrogens is 240 g/mol. The highest BCUT2D eigenvalue weighted by Gasteiger charge is 2.26. The lowest BCUT2D eigenvalue weighted by molar-refractivity contribution is -0.385. The van der Waals surface area contributed by atoms with Gasteiger partial charge in [0.05, 0.1) is 4.92 Å². The fourth-order valence-electron chi connectivity index (χ4n) is 2.10. The minimum atomic E-state index is -0.341. The van der Waals surface area contributed by atoms with Crippen LogP contribution in [0.3, 0.4) is 0 Å². The molecule has 0 unspecified atom stereocenters. The molecule has 2 N–H and O–H groups in total. The molecule has 0 bridgehead atoms. The van der Waals surface area contributed by atoms with Crippen molar-refractivity contribution in [2.24, 2.45) is 11.7 Å². The third kappa shape index (κ3) is 2.76. The number of hydrogen-bond donors (Lipinski definition) is 1. The van der Waals surface area contributed by atoms with Gasteiger partial charge in [0.2, 0.25) is 0 Å². The van der Waals surface area contributed by atoms with E-state index < -0.39 is 0 Å². The number of nitrogens with two attached hydrogens (primary N) is 1. The summed E-state index contributed by atoms with van der Waals surface area (Å²) in [5, 5.41) is 10.8. The van der Waals surface area contributed by atoms with E-state index in [4.69, 9.17) is 5.73 Å². The molecule has 1 aromatic carbocycles. The smallest absolute Gasteiger partial charge is 0.272 e.